The van der Waals surface area contributed by atoms with E-state index >= 15 is 0 Å². The van der Waals surface area contributed by atoms with Crippen molar-refractivity contribution in [1.29, 1.82) is 0 Å². The molecule has 0 unspecified atom stereocenters. The van der Waals surface area contributed by atoms with E-state index in [1.54, 1.807) is 12.3 Å². The minimum Gasteiger partial charge on any atom is -0.458 e. The number of nitrogens with zero attached hydrogens (tertiary/aromatic N) is 2. The molecule has 3 aromatic rings. The highest BCUT2D eigenvalue weighted by Gasteiger charge is 2.01. The maximum Gasteiger partial charge on any atom is 0.331 e. The molecule has 0 saturated heterocycles. The third-order valence-corrected chi connectivity index (χ3v) is 3.06. The second-order valence-corrected chi connectivity index (χ2v) is 4.54. The maximum absolute atomic E-state index is 11.7. The van der Waals surface area contributed by atoms with Crippen molar-refractivity contribution in [3.63, 3.8) is 0 Å². The molecule has 0 N–H and O–H groups in total. The summed E-state index contributed by atoms with van der Waals surface area (Å²) in [6.07, 6.45) is 6.74. The van der Waals surface area contributed by atoms with E-state index in [2.05, 4.69) is 4.98 Å². The fourth-order valence-corrected chi connectivity index (χ4v) is 2.01. The second kappa shape index (κ2) is 6.05. The largest absolute Gasteiger partial charge is 0.458 e. The Hall–Kier alpha value is -2.88. The summed E-state index contributed by atoms with van der Waals surface area (Å²) >= 11 is 0. The van der Waals surface area contributed by atoms with Gasteiger partial charge in [0, 0.05) is 12.3 Å². The van der Waals surface area contributed by atoms with Crippen LogP contribution in [0.15, 0.2) is 67.0 Å². The van der Waals surface area contributed by atoms with Gasteiger partial charge in [0.2, 0.25) is 0 Å². The van der Waals surface area contributed by atoms with Gasteiger partial charge in [-0.05, 0) is 23.8 Å². The zero-order valence-corrected chi connectivity index (χ0v) is 11.3. The van der Waals surface area contributed by atoms with Gasteiger partial charge >= 0.3 is 5.97 Å². The first-order chi connectivity index (χ1) is 10.3. The van der Waals surface area contributed by atoms with Crippen molar-refractivity contribution >= 4 is 17.7 Å². The molecule has 0 aliphatic carbocycles. The number of esters is 1. The van der Waals surface area contributed by atoms with Crippen LogP contribution in [0.3, 0.4) is 0 Å². The molecule has 0 bridgehead atoms. The van der Waals surface area contributed by atoms with E-state index in [9.17, 15) is 4.79 Å². The van der Waals surface area contributed by atoms with Gasteiger partial charge in [-0.25, -0.2) is 9.78 Å². The van der Waals surface area contributed by atoms with Crippen LogP contribution < -0.4 is 0 Å². The highest BCUT2D eigenvalue weighted by Crippen LogP contribution is 2.08. The van der Waals surface area contributed by atoms with Gasteiger partial charge in [-0.3, -0.25) is 0 Å². The Bertz CT molecular complexity index is 776. The predicted molar refractivity (Wildman–Crippen MR) is 80.5 cm³/mol. The fourth-order valence-electron chi connectivity index (χ4n) is 2.01. The van der Waals surface area contributed by atoms with E-state index in [1.807, 2.05) is 59.1 Å². The summed E-state index contributed by atoms with van der Waals surface area (Å²) in [6.45, 7) is 0.275. The third kappa shape index (κ3) is 3.17. The van der Waals surface area contributed by atoms with Crippen LogP contribution in [-0.2, 0) is 16.1 Å². The number of rotatable bonds is 4. The zero-order valence-electron chi connectivity index (χ0n) is 11.3. The first-order valence-corrected chi connectivity index (χ1v) is 6.64. The first-order valence-electron chi connectivity index (χ1n) is 6.64. The molecular formula is C17H14N2O2. The van der Waals surface area contributed by atoms with Crippen molar-refractivity contribution in [3.05, 3.63) is 78.3 Å². The Morgan fingerprint density at radius 2 is 1.95 bits per heavy atom. The summed E-state index contributed by atoms with van der Waals surface area (Å²) in [4.78, 5) is 16.0. The van der Waals surface area contributed by atoms with E-state index in [-0.39, 0.29) is 12.6 Å². The number of fused-ring (bicyclic) bond motifs is 1. The molecule has 0 aliphatic heterocycles. The normalized spacial score (nSPS) is 11.0. The Balaban J connectivity index is 1.64. The number of ether oxygens (including phenoxy) is 1. The van der Waals surface area contributed by atoms with E-state index in [1.165, 1.54) is 6.08 Å². The van der Waals surface area contributed by atoms with Gasteiger partial charge in [0.1, 0.15) is 12.3 Å². The van der Waals surface area contributed by atoms with Gasteiger partial charge in [0.05, 0.1) is 11.9 Å². The highest BCUT2D eigenvalue weighted by molar-refractivity contribution is 5.86. The lowest BCUT2D eigenvalue weighted by Crippen LogP contribution is -2.00. The standard InChI is InChI=1S/C17H14N2O2/c20-17(21-13-14-6-2-1-3-7-14)10-9-15-12-18-16-8-4-5-11-19(15)16/h1-12H,13H2/b10-9+. The molecule has 0 spiro atoms. The van der Waals surface area contributed by atoms with Crippen molar-refractivity contribution < 1.29 is 9.53 Å². The van der Waals surface area contributed by atoms with Crippen LogP contribution in [-0.4, -0.2) is 15.4 Å². The Morgan fingerprint density at radius 1 is 1.14 bits per heavy atom. The van der Waals surface area contributed by atoms with Crippen LogP contribution in [0.1, 0.15) is 11.3 Å². The van der Waals surface area contributed by atoms with Crippen LogP contribution in [0.2, 0.25) is 0 Å². The molecule has 0 aliphatic rings. The van der Waals surface area contributed by atoms with Gasteiger partial charge in [0.25, 0.3) is 0 Å². The quantitative estimate of drug-likeness (QED) is 0.544. The van der Waals surface area contributed by atoms with Crippen molar-refractivity contribution in [2.24, 2.45) is 0 Å². The average Bonchev–Trinajstić information content (AvgIpc) is 2.95. The van der Waals surface area contributed by atoms with Gasteiger partial charge in [-0.1, -0.05) is 36.4 Å². The van der Waals surface area contributed by atoms with E-state index in [4.69, 9.17) is 4.74 Å². The van der Waals surface area contributed by atoms with Crippen LogP contribution in [0, 0.1) is 0 Å². The number of hydrogen-bond acceptors (Lipinski definition) is 3. The number of imidazole rings is 1. The molecule has 0 fully saturated rings. The molecule has 4 heteroatoms. The number of benzene rings is 1. The van der Waals surface area contributed by atoms with Gasteiger partial charge in [-0.15, -0.1) is 0 Å². The van der Waals surface area contributed by atoms with Gasteiger partial charge in [-0.2, -0.15) is 0 Å². The van der Waals surface area contributed by atoms with Crippen LogP contribution in [0.4, 0.5) is 0 Å². The predicted octanol–water partition coefficient (Wildman–Crippen LogP) is 3.09. The third-order valence-electron chi connectivity index (χ3n) is 3.06. The van der Waals surface area contributed by atoms with Gasteiger partial charge < -0.3 is 9.14 Å². The molecule has 104 valence electrons. The van der Waals surface area contributed by atoms with E-state index in [0.717, 1.165) is 16.9 Å². The molecule has 21 heavy (non-hydrogen) atoms. The summed E-state index contributed by atoms with van der Waals surface area (Å²) in [5, 5.41) is 0. The number of hydrogen-bond donors (Lipinski definition) is 0. The molecule has 0 atom stereocenters. The minimum absolute atomic E-state index is 0.275. The molecule has 0 saturated carbocycles. The molecule has 1 aromatic carbocycles. The SMILES string of the molecule is O=C(/C=C/c1cnc2ccccn12)OCc1ccccc1. The Labute approximate surface area is 122 Å². The maximum atomic E-state index is 11.7. The average molecular weight is 278 g/mol. The summed E-state index contributed by atoms with van der Waals surface area (Å²) in [5.74, 6) is -0.371. The lowest BCUT2D eigenvalue weighted by atomic mass is 10.2. The molecule has 2 aromatic heterocycles. The molecule has 3 rings (SSSR count). The van der Waals surface area contributed by atoms with Crippen LogP contribution >= 0.6 is 0 Å². The summed E-state index contributed by atoms with van der Waals surface area (Å²) < 4.78 is 7.09. The topological polar surface area (TPSA) is 43.6 Å². The van der Waals surface area contributed by atoms with Crippen molar-refractivity contribution in [2.75, 3.05) is 0 Å². The van der Waals surface area contributed by atoms with E-state index in [0.29, 0.717) is 0 Å². The molecule has 0 amide bonds. The zero-order chi connectivity index (χ0) is 14.5. The molecule has 2 heterocycles. The summed E-state index contributed by atoms with van der Waals surface area (Å²) in [6, 6.07) is 15.3. The number of carbonyl (C=O) groups is 1. The molecule has 4 nitrogen and oxygen atoms in total. The highest BCUT2D eigenvalue weighted by atomic mass is 16.5. The first kappa shape index (κ1) is 13.1. The summed E-state index contributed by atoms with van der Waals surface area (Å²) in [5.41, 5.74) is 2.64. The Kier molecular flexibility index (Phi) is 3.78. The summed E-state index contributed by atoms with van der Waals surface area (Å²) in [7, 11) is 0. The fraction of sp³-hybridized carbons (Fsp3) is 0.0588. The van der Waals surface area contributed by atoms with Crippen LogP contribution in [0.5, 0.6) is 0 Å². The lowest BCUT2D eigenvalue weighted by Gasteiger charge is -2.01. The van der Waals surface area contributed by atoms with Crippen molar-refractivity contribution in [3.8, 4) is 0 Å². The van der Waals surface area contributed by atoms with Crippen molar-refractivity contribution in [2.45, 2.75) is 6.61 Å². The van der Waals surface area contributed by atoms with Gasteiger partial charge in [0.15, 0.2) is 0 Å². The lowest BCUT2D eigenvalue weighted by molar-refractivity contribution is -0.138. The second-order valence-electron chi connectivity index (χ2n) is 4.54. The van der Waals surface area contributed by atoms with E-state index < -0.39 is 0 Å². The number of aromatic nitrogens is 2. The smallest absolute Gasteiger partial charge is 0.331 e. The molecule has 0 radical (unpaired) electrons. The number of pyridine rings is 1. The molecular weight excluding hydrogens is 264 g/mol. The Morgan fingerprint density at radius 3 is 2.81 bits per heavy atom. The number of carbonyl (C=O) groups excluding carboxylic acids is 1. The van der Waals surface area contributed by atoms with Crippen LogP contribution in [0.25, 0.3) is 11.7 Å². The van der Waals surface area contributed by atoms with Crippen molar-refractivity contribution in [1.82, 2.24) is 9.38 Å². The minimum atomic E-state index is -0.371. The monoisotopic (exact) mass is 278 g/mol.